The van der Waals surface area contributed by atoms with Crippen LogP contribution in [0, 0.1) is 11.3 Å². The number of hydrogen-bond donors (Lipinski definition) is 1. The number of ether oxygens (including phenoxy) is 2. The van der Waals surface area contributed by atoms with Crippen LogP contribution < -0.4 is 10.5 Å². The van der Waals surface area contributed by atoms with Crippen molar-refractivity contribution in [3.05, 3.63) is 72.1 Å². The van der Waals surface area contributed by atoms with Gasteiger partial charge < -0.3 is 24.7 Å². The van der Waals surface area contributed by atoms with Gasteiger partial charge in [-0.1, -0.05) is 32.0 Å². The Labute approximate surface area is 214 Å². The number of likely N-dealkylation sites (tertiary alicyclic amines) is 1. The number of carbonyl (C=O) groups excluding carboxylic acids is 1. The number of nitrogen functional groups attached to an aromatic ring is 1. The molecule has 0 radical (unpaired) electrons. The first-order chi connectivity index (χ1) is 17.2. The van der Waals surface area contributed by atoms with Crippen molar-refractivity contribution in [1.82, 2.24) is 9.47 Å². The number of rotatable bonds is 4. The van der Waals surface area contributed by atoms with Gasteiger partial charge in [0.05, 0.1) is 5.69 Å². The fraction of sp³-hybridized carbons (Fsp3) is 0.379. The Bertz CT molecular complexity index is 1190. The molecule has 1 amide bonds. The van der Waals surface area contributed by atoms with Crippen LogP contribution in [0.15, 0.2) is 60.8 Å². The molecule has 3 aromatic rings. The lowest BCUT2D eigenvalue weighted by Gasteiger charge is -2.34. The van der Waals surface area contributed by atoms with Gasteiger partial charge in [0, 0.05) is 30.9 Å². The molecular formula is C29H36N4O3. The summed E-state index contributed by atoms with van der Waals surface area (Å²) in [4.78, 5) is 14.3. The van der Waals surface area contributed by atoms with Crippen molar-refractivity contribution < 1.29 is 14.3 Å². The van der Waals surface area contributed by atoms with E-state index in [-0.39, 0.29) is 12.0 Å². The number of amides is 1. The number of nitriles is 1. The number of nitrogens with two attached hydrogens (primary N) is 1. The monoisotopic (exact) mass is 488 g/mol. The predicted molar refractivity (Wildman–Crippen MR) is 143 cm³/mol. The summed E-state index contributed by atoms with van der Waals surface area (Å²) in [6.45, 7) is 10.7. The minimum Gasteiger partial charge on any atom is -0.457 e. The first kappa shape index (κ1) is 26.7. The molecule has 2 N–H and O–H groups in total. The van der Waals surface area contributed by atoms with Crippen LogP contribution in [-0.2, 0) is 4.74 Å². The predicted octanol–water partition coefficient (Wildman–Crippen LogP) is 6.86. The maximum Gasteiger partial charge on any atom is 0.410 e. The highest BCUT2D eigenvalue weighted by Crippen LogP contribution is 2.35. The van der Waals surface area contributed by atoms with Crippen LogP contribution in [0.5, 0.6) is 11.5 Å². The Morgan fingerprint density at radius 2 is 1.69 bits per heavy atom. The number of carbonyl (C=O) groups is 1. The molecule has 0 bridgehead atoms. The van der Waals surface area contributed by atoms with Crippen molar-refractivity contribution in [3.63, 3.8) is 0 Å². The van der Waals surface area contributed by atoms with Gasteiger partial charge in [0.1, 0.15) is 28.9 Å². The zero-order valence-electron chi connectivity index (χ0n) is 21.8. The number of piperidine rings is 1. The largest absolute Gasteiger partial charge is 0.457 e. The lowest BCUT2D eigenvalue weighted by Crippen LogP contribution is -2.42. The Hall–Kier alpha value is -3.92. The number of anilines is 1. The molecule has 1 aliphatic heterocycles. The number of para-hydroxylation sites is 1. The van der Waals surface area contributed by atoms with Crippen LogP contribution in [0.2, 0.25) is 0 Å². The fourth-order valence-corrected chi connectivity index (χ4v) is 4.21. The average molecular weight is 489 g/mol. The Balaban J connectivity index is 0.00000176. The molecule has 1 saturated heterocycles. The summed E-state index contributed by atoms with van der Waals surface area (Å²) in [5.74, 6) is 1.50. The second-order valence-corrected chi connectivity index (χ2v) is 9.50. The van der Waals surface area contributed by atoms with Gasteiger partial charge in [0.25, 0.3) is 0 Å². The maximum atomic E-state index is 12.6. The smallest absolute Gasteiger partial charge is 0.410 e. The molecule has 1 fully saturated rings. The van der Waals surface area contributed by atoms with Gasteiger partial charge in [-0.25, -0.2) is 4.79 Å². The molecule has 1 aliphatic rings. The second-order valence-electron chi connectivity index (χ2n) is 9.50. The summed E-state index contributed by atoms with van der Waals surface area (Å²) < 4.78 is 13.2. The highest BCUT2D eigenvalue weighted by atomic mass is 16.6. The van der Waals surface area contributed by atoms with E-state index in [0.29, 0.717) is 30.2 Å². The molecule has 4 rings (SSSR count). The molecule has 0 aliphatic carbocycles. The highest BCUT2D eigenvalue weighted by Gasteiger charge is 2.31. The molecule has 2 heterocycles. The van der Waals surface area contributed by atoms with Gasteiger partial charge in [-0.2, -0.15) is 5.26 Å². The summed E-state index contributed by atoms with van der Waals surface area (Å²) in [6, 6.07) is 19.3. The first-order valence-corrected chi connectivity index (χ1v) is 12.5. The minimum atomic E-state index is -0.545. The van der Waals surface area contributed by atoms with Crippen LogP contribution in [0.1, 0.15) is 64.6 Å². The van der Waals surface area contributed by atoms with Crippen molar-refractivity contribution in [2.24, 2.45) is 0 Å². The summed E-state index contributed by atoms with van der Waals surface area (Å²) >= 11 is 0. The van der Waals surface area contributed by atoms with E-state index in [1.54, 1.807) is 4.90 Å². The Morgan fingerprint density at radius 3 is 2.31 bits per heavy atom. The number of nitrogens with zero attached hydrogens (tertiary/aromatic N) is 3. The molecule has 0 saturated carbocycles. The van der Waals surface area contributed by atoms with E-state index in [1.807, 2.05) is 100.0 Å². The molecular weight excluding hydrogens is 452 g/mol. The van der Waals surface area contributed by atoms with Crippen molar-refractivity contribution in [2.45, 2.75) is 59.0 Å². The maximum absolute atomic E-state index is 12.6. The van der Waals surface area contributed by atoms with Gasteiger partial charge in [-0.3, -0.25) is 0 Å². The zero-order chi connectivity index (χ0) is 26.3. The number of aromatic nitrogens is 1. The minimum absolute atomic E-state index is 0.0373. The fourth-order valence-electron chi connectivity index (χ4n) is 4.21. The quantitative estimate of drug-likeness (QED) is 0.433. The second kappa shape index (κ2) is 11.7. The lowest BCUT2D eigenvalue weighted by molar-refractivity contribution is 0.0198. The van der Waals surface area contributed by atoms with Crippen molar-refractivity contribution in [1.29, 1.82) is 5.26 Å². The van der Waals surface area contributed by atoms with E-state index in [4.69, 9.17) is 15.2 Å². The van der Waals surface area contributed by atoms with Gasteiger partial charge in [-0.15, -0.1) is 0 Å². The SMILES string of the molecule is CC.CC(C)(C)OC(=O)N1CCCC(c2cn(-c3ccc(Oc4ccccc4)cc3)c(C#N)c2N)C1. The molecule has 0 spiro atoms. The average Bonchev–Trinajstić information content (AvgIpc) is 3.21. The van der Waals surface area contributed by atoms with E-state index < -0.39 is 5.60 Å². The van der Waals surface area contributed by atoms with Crippen LogP contribution >= 0.6 is 0 Å². The highest BCUT2D eigenvalue weighted by molar-refractivity contribution is 5.69. The molecule has 190 valence electrons. The van der Waals surface area contributed by atoms with Crippen molar-refractivity contribution in [3.8, 4) is 23.3 Å². The molecule has 1 unspecified atom stereocenters. The van der Waals surface area contributed by atoms with Gasteiger partial charge >= 0.3 is 6.09 Å². The molecule has 1 atom stereocenters. The van der Waals surface area contributed by atoms with Crippen LogP contribution in [0.3, 0.4) is 0 Å². The third-order valence-corrected chi connectivity index (χ3v) is 5.79. The number of benzene rings is 2. The van der Waals surface area contributed by atoms with E-state index in [1.165, 1.54) is 0 Å². The third-order valence-electron chi connectivity index (χ3n) is 5.79. The Morgan fingerprint density at radius 1 is 1.06 bits per heavy atom. The Kier molecular flexibility index (Phi) is 8.65. The summed E-state index contributed by atoms with van der Waals surface area (Å²) in [7, 11) is 0. The van der Waals surface area contributed by atoms with E-state index in [0.717, 1.165) is 29.8 Å². The molecule has 7 nitrogen and oxygen atoms in total. The van der Waals surface area contributed by atoms with Gasteiger partial charge in [0.2, 0.25) is 0 Å². The summed E-state index contributed by atoms with van der Waals surface area (Å²) in [5.41, 5.74) is 8.44. The molecule has 1 aromatic heterocycles. The number of hydrogen-bond acceptors (Lipinski definition) is 5. The zero-order valence-corrected chi connectivity index (χ0v) is 21.8. The van der Waals surface area contributed by atoms with E-state index >= 15 is 0 Å². The van der Waals surface area contributed by atoms with E-state index in [9.17, 15) is 10.1 Å². The van der Waals surface area contributed by atoms with Crippen LogP contribution in [-0.4, -0.2) is 34.3 Å². The van der Waals surface area contributed by atoms with E-state index in [2.05, 4.69) is 6.07 Å². The molecule has 7 heteroatoms. The van der Waals surface area contributed by atoms with Crippen LogP contribution in [0.25, 0.3) is 5.69 Å². The van der Waals surface area contributed by atoms with Gasteiger partial charge in [0.15, 0.2) is 0 Å². The van der Waals surface area contributed by atoms with Gasteiger partial charge in [-0.05, 0) is 75.6 Å². The van der Waals surface area contributed by atoms with Crippen molar-refractivity contribution >= 4 is 11.8 Å². The third kappa shape index (κ3) is 6.39. The summed E-state index contributed by atoms with van der Waals surface area (Å²) in [5, 5.41) is 9.83. The standard InChI is InChI=1S/C27H30N4O3.C2H6/c1-27(2,3)34-26(32)30-15-7-8-19(17-30)23-18-31(24(16-28)25(23)29)20-11-13-22(14-12-20)33-21-9-5-4-6-10-21;1-2/h4-6,9-14,18-19H,7-8,15,17,29H2,1-3H3;1-2H3. The lowest BCUT2D eigenvalue weighted by atomic mass is 9.91. The normalized spacial score (nSPS) is 15.3. The first-order valence-electron chi connectivity index (χ1n) is 12.5. The molecule has 2 aromatic carbocycles. The molecule has 36 heavy (non-hydrogen) atoms. The van der Waals surface area contributed by atoms with Crippen LogP contribution in [0.4, 0.5) is 10.5 Å². The van der Waals surface area contributed by atoms with Crippen molar-refractivity contribution in [2.75, 3.05) is 18.8 Å². The summed E-state index contributed by atoms with van der Waals surface area (Å²) in [6.07, 6.45) is 3.35. The topological polar surface area (TPSA) is 93.5 Å².